The summed E-state index contributed by atoms with van der Waals surface area (Å²) in [5, 5.41) is 19.5. The maximum atomic E-state index is 10.8. The molecule has 20 heavy (non-hydrogen) atoms. The normalized spacial score (nSPS) is 20.9. The number of hydrogen-bond acceptors (Lipinski definition) is 5. The van der Waals surface area contributed by atoms with Crippen LogP contribution in [0, 0.1) is 22.0 Å². The number of benzene rings is 1. The molecule has 1 N–H and O–H groups in total. The van der Waals surface area contributed by atoms with Crippen LogP contribution in [0.25, 0.3) is 0 Å². The zero-order valence-corrected chi connectivity index (χ0v) is 10.9. The molecule has 0 bridgehead atoms. The lowest BCUT2D eigenvalue weighted by atomic mass is 9.75. The minimum Gasteiger partial charge on any atom is -0.496 e. The Labute approximate surface area is 115 Å². The molecule has 1 aromatic rings. The van der Waals surface area contributed by atoms with Gasteiger partial charge in [-0.1, -0.05) is 0 Å². The first-order valence-electron chi connectivity index (χ1n) is 6.18. The van der Waals surface area contributed by atoms with E-state index in [-0.39, 0.29) is 17.5 Å². The van der Waals surface area contributed by atoms with Crippen molar-refractivity contribution < 1.29 is 24.3 Å². The topological polar surface area (TPSA) is 98.9 Å². The summed E-state index contributed by atoms with van der Waals surface area (Å²) in [4.78, 5) is 20.9. The molecule has 1 fully saturated rings. The molecule has 0 unspecified atom stereocenters. The number of non-ortho nitro benzene ring substituents is 1. The molecule has 1 aliphatic rings. The van der Waals surface area contributed by atoms with E-state index in [0.29, 0.717) is 30.9 Å². The molecule has 0 amide bonds. The second-order valence-electron chi connectivity index (χ2n) is 4.81. The highest BCUT2D eigenvalue weighted by molar-refractivity contribution is 5.71. The van der Waals surface area contributed by atoms with Crippen molar-refractivity contribution in [1.82, 2.24) is 0 Å². The van der Waals surface area contributed by atoms with Crippen LogP contribution in [-0.4, -0.2) is 29.7 Å². The Kier molecular flexibility index (Phi) is 4.07. The molecule has 2 rings (SSSR count). The number of nitrogens with zero attached hydrogens (tertiary/aromatic N) is 1. The fraction of sp³-hybridized carbons (Fsp3) is 0.462. The highest BCUT2D eigenvalue weighted by Crippen LogP contribution is 2.35. The predicted octanol–water partition coefficient (Wildman–Crippen LogP) is 2.09. The van der Waals surface area contributed by atoms with E-state index in [1.54, 1.807) is 6.07 Å². The number of methoxy groups -OCH3 is 1. The van der Waals surface area contributed by atoms with Gasteiger partial charge < -0.3 is 14.6 Å². The molecular weight excluding hydrogens is 266 g/mol. The van der Waals surface area contributed by atoms with E-state index in [9.17, 15) is 14.9 Å². The molecule has 0 aliphatic heterocycles. The Morgan fingerprint density at radius 1 is 1.40 bits per heavy atom. The SMILES string of the molecule is COc1cc(OCC2CC(C(=O)O)C2)cc([N+](=O)[O-])c1. The third-order valence-corrected chi connectivity index (χ3v) is 3.38. The minimum absolute atomic E-state index is 0.101. The fourth-order valence-electron chi connectivity index (χ4n) is 2.15. The first-order chi connectivity index (χ1) is 9.49. The summed E-state index contributed by atoms with van der Waals surface area (Å²) in [6, 6.07) is 4.22. The average Bonchev–Trinajstić information content (AvgIpc) is 2.35. The van der Waals surface area contributed by atoms with Gasteiger partial charge in [0.15, 0.2) is 0 Å². The first-order valence-corrected chi connectivity index (χ1v) is 6.18. The first kappa shape index (κ1) is 14.1. The van der Waals surface area contributed by atoms with Crippen LogP contribution in [0.4, 0.5) is 5.69 Å². The summed E-state index contributed by atoms with van der Waals surface area (Å²) in [7, 11) is 1.42. The summed E-state index contributed by atoms with van der Waals surface area (Å²) in [5.41, 5.74) is -0.101. The van der Waals surface area contributed by atoms with E-state index >= 15 is 0 Å². The van der Waals surface area contributed by atoms with Crippen molar-refractivity contribution in [3.05, 3.63) is 28.3 Å². The number of hydrogen-bond donors (Lipinski definition) is 1. The quantitative estimate of drug-likeness (QED) is 0.633. The molecule has 0 atom stereocenters. The monoisotopic (exact) mass is 281 g/mol. The number of aliphatic carboxylic acids is 1. The van der Waals surface area contributed by atoms with Crippen molar-refractivity contribution in [1.29, 1.82) is 0 Å². The molecule has 1 aromatic carbocycles. The van der Waals surface area contributed by atoms with Crippen molar-refractivity contribution >= 4 is 11.7 Å². The van der Waals surface area contributed by atoms with E-state index in [4.69, 9.17) is 14.6 Å². The molecule has 108 valence electrons. The Balaban J connectivity index is 1.94. The van der Waals surface area contributed by atoms with Gasteiger partial charge in [-0.15, -0.1) is 0 Å². The molecular formula is C13H15NO6. The van der Waals surface area contributed by atoms with E-state index in [0.717, 1.165) is 0 Å². The van der Waals surface area contributed by atoms with Crippen LogP contribution in [0.5, 0.6) is 11.5 Å². The Morgan fingerprint density at radius 3 is 2.60 bits per heavy atom. The molecule has 0 aromatic heterocycles. The van der Waals surface area contributed by atoms with Crippen molar-refractivity contribution in [3.63, 3.8) is 0 Å². The molecule has 0 saturated heterocycles. The van der Waals surface area contributed by atoms with Gasteiger partial charge in [-0.25, -0.2) is 0 Å². The van der Waals surface area contributed by atoms with Gasteiger partial charge in [-0.2, -0.15) is 0 Å². The molecule has 0 spiro atoms. The van der Waals surface area contributed by atoms with Crippen molar-refractivity contribution in [2.24, 2.45) is 11.8 Å². The zero-order valence-electron chi connectivity index (χ0n) is 10.9. The lowest BCUT2D eigenvalue weighted by Gasteiger charge is -2.31. The smallest absolute Gasteiger partial charge is 0.306 e. The maximum absolute atomic E-state index is 10.8. The van der Waals surface area contributed by atoms with Gasteiger partial charge >= 0.3 is 5.97 Å². The standard InChI is InChI=1S/C13H15NO6/c1-19-11-4-10(14(17)18)5-12(6-11)20-7-8-2-9(3-8)13(15)16/h4-6,8-9H,2-3,7H2,1H3,(H,15,16). The van der Waals surface area contributed by atoms with Gasteiger partial charge in [-0.3, -0.25) is 14.9 Å². The number of ether oxygens (including phenoxy) is 2. The van der Waals surface area contributed by atoms with Crippen LogP contribution < -0.4 is 9.47 Å². The molecule has 1 saturated carbocycles. The van der Waals surface area contributed by atoms with Crippen molar-refractivity contribution in [2.45, 2.75) is 12.8 Å². The van der Waals surface area contributed by atoms with Crippen LogP contribution in [0.15, 0.2) is 18.2 Å². The van der Waals surface area contributed by atoms with Crippen LogP contribution in [-0.2, 0) is 4.79 Å². The Bertz CT molecular complexity index is 524. The molecule has 7 heteroatoms. The summed E-state index contributed by atoms with van der Waals surface area (Å²) >= 11 is 0. The number of rotatable bonds is 6. The van der Waals surface area contributed by atoms with Crippen molar-refractivity contribution in [2.75, 3.05) is 13.7 Å². The summed E-state index contributed by atoms with van der Waals surface area (Å²) in [5.74, 6) is -0.177. The summed E-state index contributed by atoms with van der Waals surface area (Å²) < 4.78 is 10.5. The largest absolute Gasteiger partial charge is 0.496 e. The number of carbonyl (C=O) groups is 1. The summed E-state index contributed by atoms with van der Waals surface area (Å²) in [6.45, 7) is 0.355. The van der Waals surface area contributed by atoms with Crippen LogP contribution in [0.3, 0.4) is 0 Å². The Morgan fingerprint density at radius 2 is 2.05 bits per heavy atom. The fourth-order valence-corrected chi connectivity index (χ4v) is 2.15. The van der Waals surface area contributed by atoms with E-state index < -0.39 is 10.9 Å². The lowest BCUT2D eigenvalue weighted by Crippen LogP contribution is -2.33. The van der Waals surface area contributed by atoms with Gasteiger partial charge in [0.25, 0.3) is 5.69 Å². The predicted molar refractivity (Wildman–Crippen MR) is 69.0 cm³/mol. The van der Waals surface area contributed by atoms with Gasteiger partial charge in [0.1, 0.15) is 11.5 Å². The van der Waals surface area contributed by atoms with Crippen molar-refractivity contribution in [3.8, 4) is 11.5 Å². The van der Waals surface area contributed by atoms with Gasteiger partial charge in [0.2, 0.25) is 0 Å². The molecule has 7 nitrogen and oxygen atoms in total. The van der Waals surface area contributed by atoms with Gasteiger partial charge in [0, 0.05) is 6.07 Å². The number of nitro benzene ring substituents is 1. The number of carboxylic acids is 1. The van der Waals surface area contributed by atoms with Crippen LogP contribution in [0.2, 0.25) is 0 Å². The van der Waals surface area contributed by atoms with E-state index in [1.807, 2.05) is 0 Å². The third kappa shape index (κ3) is 3.17. The van der Waals surface area contributed by atoms with E-state index in [2.05, 4.69) is 0 Å². The lowest BCUT2D eigenvalue weighted by molar-refractivity contribution is -0.385. The average molecular weight is 281 g/mol. The van der Waals surface area contributed by atoms with E-state index in [1.165, 1.54) is 19.2 Å². The molecule has 1 aliphatic carbocycles. The maximum Gasteiger partial charge on any atom is 0.306 e. The minimum atomic E-state index is -0.779. The molecule has 0 heterocycles. The van der Waals surface area contributed by atoms with Crippen LogP contribution >= 0.6 is 0 Å². The second-order valence-corrected chi connectivity index (χ2v) is 4.81. The Hall–Kier alpha value is -2.31. The zero-order chi connectivity index (χ0) is 14.7. The highest BCUT2D eigenvalue weighted by atomic mass is 16.6. The number of carboxylic acid groups (broad SMARTS) is 1. The van der Waals surface area contributed by atoms with Crippen LogP contribution in [0.1, 0.15) is 12.8 Å². The highest BCUT2D eigenvalue weighted by Gasteiger charge is 2.34. The molecule has 0 radical (unpaired) electrons. The van der Waals surface area contributed by atoms with Gasteiger partial charge in [0.05, 0.1) is 36.7 Å². The summed E-state index contributed by atoms with van der Waals surface area (Å²) in [6.07, 6.45) is 1.17. The van der Waals surface area contributed by atoms with Gasteiger partial charge in [-0.05, 0) is 18.8 Å². The number of nitro groups is 1. The second kappa shape index (κ2) is 5.77. The third-order valence-electron chi connectivity index (χ3n) is 3.38.